The second kappa shape index (κ2) is 6.06. The molecule has 1 saturated carbocycles. The molecule has 0 saturated heterocycles. The van der Waals surface area contributed by atoms with Crippen molar-refractivity contribution >= 4 is 5.70 Å². The topological polar surface area (TPSA) is 33.7 Å². The molecule has 2 aromatic carbocycles. The van der Waals surface area contributed by atoms with Gasteiger partial charge in [0.25, 0.3) is 0 Å². The van der Waals surface area contributed by atoms with Gasteiger partial charge in [-0.1, -0.05) is 48.9 Å². The maximum atomic E-state index is 6.69. The molecule has 1 N–H and O–H groups in total. The molecule has 1 atom stereocenters. The van der Waals surface area contributed by atoms with Crippen LogP contribution in [-0.2, 0) is 0 Å². The number of para-hydroxylation sites is 1. The summed E-state index contributed by atoms with van der Waals surface area (Å²) in [6.45, 7) is 0. The predicted molar refractivity (Wildman–Crippen MR) is 102 cm³/mol. The number of hydrogen-bond donors (Lipinski definition) is 1. The monoisotopic (exact) mass is 348 g/mol. The van der Waals surface area contributed by atoms with Crippen LogP contribution < -0.4 is 14.9 Å². The molecule has 0 unspecified atom stereocenters. The molecule has 134 valence electrons. The van der Waals surface area contributed by atoms with Crippen LogP contribution in [0.4, 0.5) is 0 Å². The predicted octanol–water partition coefficient (Wildman–Crippen LogP) is 4.65. The van der Waals surface area contributed by atoms with Crippen LogP contribution in [0.5, 0.6) is 11.5 Å². The summed E-state index contributed by atoms with van der Waals surface area (Å²) >= 11 is 0. The van der Waals surface area contributed by atoms with Crippen LogP contribution in [0.3, 0.4) is 0 Å². The molecular formula is C22H24N2O2. The maximum absolute atomic E-state index is 6.69. The highest BCUT2D eigenvalue weighted by atomic mass is 16.5. The number of hydrazine groups is 1. The van der Waals surface area contributed by atoms with E-state index in [1.54, 1.807) is 7.11 Å². The zero-order valence-corrected chi connectivity index (χ0v) is 15.1. The van der Waals surface area contributed by atoms with Crippen LogP contribution in [0.2, 0.25) is 0 Å². The van der Waals surface area contributed by atoms with Crippen LogP contribution in [0.1, 0.15) is 49.3 Å². The van der Waals surface area contributed by atoms with Gasteiger partial charge in [-0.25, -0.2) is 0 Å². The van der Waals surface area contributed by atoms with Crippen molar-refractivity contribution in [2.45, 2.75) is 43.9 Å². The molecule has 3 aliphatic rings. The summed E-state index contributed by atoms with van der Waals surface area (Å²) in [6.07, 6.45) is 8.05. The van der Waals surface area contributed by atoms with E-state index in [4.69, 9.17) is 9.47 Å². The van der Waals surface area contributed by atoms with Crippen molar-refractivity contribution in [1.82, 2.24) is 10.4 Å². The lowest BCUT2D eigenvalue weighted by Gasteiger charge is -2.50. The van der Waals surface area contributed by atoms with Gasteiger partial charge >= 0.3 is 0 Å². The second-order valence-corrected chi connectivity index (χ2v) is 7.36. The van der Waals surface area contributed by atoms with Crippen molar-refractivity contribution in [3.05, 3.63) is 65.7 Å². The first-order chi connectivity index (χ1) is 12.8. The smallest absolute Gasteiger partial charge is 0.180 e. The Labute approximate surface area is 154 Å². The van der Waals surface area contributed by atoms with E-state index in [-0.39, 0.29) is 11.8 Å². The third-order valence-electron chi connectivity index (χ3n) is 5.84. The molecule has 0 bridgehead atoms. The molecule has 0 aromatic heterocycles. The van der Waals surface area contributed by atoms with Gasteiger partial charge in [0.05, 0.1) is 18.8 Å². The maximum Gasteiger partial charge on any atom is 0.180 e. The minimum atomic E-state index is -0.308. The highest BCUT2D eigenvalue weighted by Gasteiger charge is 2.51. The molecular weight excluding hydrogens is 324 g/mol. The van der Waals surface area contributed by atoms with Gasteiger partial charge in [-0.05, 0) is 30.5 Å². The van der Waals surface area contributed by atoms with Gasteiger partial charge in [-0.3, -0.25) is 0 Å². The molecule has 1 aliphatic carbocycles. The van der Waals surface area contributed by atoms with Gasteiger partial charge in [-0.2, -0.15) is 5.01 Å². The number of ether oxygens (including phenoxy) is 2. The number of benzene rings is 2. The first-order valence-corrected chi connectivity index (χ1v) is 9.50. The first-order valence-electron chi connectivity index (χ1n) is 9.50. The van der Waals surface area contributed by atoms with Gasteiger partial charge in [0.15, 0.2) is 17.2 Å². The van der Waals surface area contributed by atoms with E-state index in [1.807, 2.05) is 12.1 Å². The second-order valence-electron chi connectivity index (χ2n) is 7.36. The Bertz CT molecular complexity index is 840. The molecule has 5 rings (SSSR count). The number of nitrogens with zero attached hydrogens (tertiary/aromatic N) is 1. The average molecular weight is 348 g/mol. The van der Waals surface area contributed by atoms with Crippen LogP contribution in [0.25, 0.3) is 5.70 Å². The molecule has 1 spiro atoms. The summed E-state index contributed by atoms with van der Waals surface area (Å²) in [5.41, 5.74) is 6.89. The molecule has 4 nitrogen and oxygen atoms in total. The Morgan fingerprint density at radius 2 is 1.85 bits per heavy atom. The van der Waals surface area contributed by atoms with E-state index in [1.165, 1.54) is 30.4 Å². The Morgan fingerprint density at radius 1 is 1.04 bits per heavy atom. The molecule has 26 heavy (non-hydrogen) atoms. The fourth-order valence-electron chi connectivity index (χ4n) is 4.55. The average Bonchev–Trinajstić information content (AvgIpc) is 3.16. The number of nitrogens with one attached hydrogen (secondary N) is 1. The van der Waals surface area contributed by atoms with Crippen molar-refractivity contribution in [1.29, 1.82) is 0 Å². The Morgan fingerprint density at radius 3 is 2.62 bits per heavy atom. The van der Waals surface area contributed by atoms with E-state index < -0.39 is 0 Å². The van der Waals surface area contributed by atoms with Crippen molar-refractivity contribution in [3.63, 3.8) is 0 Å². The summed E-state index contributed by atoms with van der Waals surface area (Å²) in [5.74, 6) is 1.74. The lowest BCUT2D eigenvalue weighted by molar-refractivity contribution is -0.151. The van der Waals surface area contributed by atoms with E-state index >= 15 is 0 Å². The Balaban J connectivity index is 1.63. The Hall–Kier alpha value is -2.46. The summed E-state index contributed by atoms with van der Waals surface area (Å²) < 4.78 is 12.3. The molecule has 2 aliphatic heterocycles. The van der Waals surface area contributed by atoms with Crippen LogP contribution in [-0.4, -0.2) is 17.8 Å². The van der Waals surface area contributed by atoms with Gasteiger partial charge in [0.2, 0.25) is 0 Å². The SMILES string of the molecule is COc1cccc2c1OC1(CCCCC1)N1NC(c3ccccc3)=C[C@@H]21. The van der Waals surface area contributed by atoms with Crippen LogP contribution in [0, 0.1) is 0 Å². The van der Waals surface area contributed by atoms with Crippen molar-refractivity contribution in [3.8, 4) is 11.5 Å². The molecule has 2 heterocycles. The minimum absolute atomic E-state index is 0.155. The summed E-state index contributed by atoms with van der Waals surface area (Å²) in [6, 6.07) is 16.9. The summed E-state index contributed by atoms with van der Waals surface area (Å²) in [4.78, 5) is 0. The summed E-state index contributed by atoms with van der Waals surface area (Å²) in [5, 5.41) is 2.34. The molecule has 1 fully saturated rings. The molecule has 2 aromatic rings. The fourth-order valence-corrected chi connectivity index (χ4v) is 4.55. The highest BCUT2D eigenvalue weighted by molar-refractivity contribution is 5.68. The fraction of sp³-hybridized carbons (Fsp3) is 0.364. The van der Waals surface area contributed by atoms with Crippen molar-refractivity contribution < 1.29 is 9.47 Å². The van der Waals surface area contributed by atoms with Crippen molar-refractivity contribution in [2.75, 3.05) is 7.11 Å². The van der Waals surface area contributed by atoms with Crippen LogP contribution >= 0.6 is 0 Å². The lowest BCUT2D eigenvalue weighted by atomic mass is 9.87. The quantitative estimate of drug-likeness (QED) is 0.856. The molecule has 0 amide bonds. The summed E-state index contributed by atoms with van der Waals surface area (Å²) in [7, 11) is 1.72. The number of rotatable bonds is 2. The number of fused-ring (bicyclic) bond motifs is 4. The van der Waals surface area contributed by atoms with E-state index in [2.05, 4.69) is 52.9 Å². The zero-order chi connectivity index (χ0) is 17.6. The van der Waals surface area contributed by atoms with Gasteiger partial charge in [0, 0.05) is 18.4 Å². The number of methoxy groups -OCH3 is 1. The highest BCUT2D eigenvalue weighted by Crippen LogP contribution is 2.52. The van der Waals surface area contributed by atoms with Gasteiger partial charge in [-0.15, -0.1) is 0 Å². The molecule has 0 radical (unpaired) electrons. The van der Waals surface area contributed by atoms with E-state index in [0.29, 0.717) is 0 Å². The third-order valence-corrected chi connectivity index (χ3v) is 5.84. The van der Waals surface area contributed by atoms with Gasteiger partial charge in [0.1, 0.15) is 0 Å². The minimum Gasteiger partial charge on any atom is -0.493 e. The Kier molecular flexibility index (Phi) is 3.68. The lowest BCUT2D eigenvalue weighted by Crippen LogP contribution is -2.60. The third kappa shape index (κ3) is 2.32. The van der Waals surface area contributed by atoms with Crippen molar-refractivity contribution in [2.24, 2.45) is 0 Å². The normalized spacial score (nSPS) is 23.4. The first kappa shape index (κ1) is 15.8. The van der Waals surface area contributed by atoms with Gasteiger partial charge < -0.3 is 14.9 Å². The van der Waals surface area contributed by atoms with E-state index in [9.17, 15) is 0 Å². The van der Waals surface area contributed by atoms with E-state index in [0.717, 1.165) is 30.0 Å². The van der Waals surface area contributed by atoms with Crippen LogP contribution in [0.15, 0.2) is 54.6 Å². The largest absolute Gasteiger partial charge is 0.493 e. The molecule has 4 heteroatoms. The standard InChI is InChI=1S/C22H24N2O2/c1-25-20-12-8-11-17-19-15-18(16-9-4-2-5-10-16)23-24(19)22(26-21(17)20)13-6-3-7-14-22/h2,4-5,8-12,15,19,23H,3,6-7,13-14H2,1H3/t19-/m0/s1. The zero-order valence-electron chi connectivity index (χ0n) is 15.1. The number of hydrogen-bond acceptors (Lipinski definition) is 4.